The first-order chi connectivity index (χ1) is 20.4. The van der Waals surface area contributed by atoms with Crippen LogP contribution < -0.4 is 10.3 Å². The molecule has 8 nitrogen and oxygen atoms in total. The average Bonchev–Trinajstić information content (AvgIpc) is 3.63. The topological polar surface area (TPSA) is 96.2 Å². The summed E-state index contributed by atoms with van der Waals surface area (Å²) in [6.45, 7) is 6.00. The third-order valence-corrected chi connectivity index (χ3v) is 7.32. The van der Waals surface area contributed by atoms with Crippen LogP contribution >= 0.6 is 0 Å². The maximum absolute atomic E-state index is 13.3. The Hall–Kier alpha value is -5.50. The Morgan fingerprint density at radius 2 is 1.62 bits per heavy atom. The molecule has 0 aliphatic carbocycles. The smallest absolute Gasteiger partial charge is 0.251 e. The molecule has 0 radical (unpaired) electrons. The van der Waals surface area contributed by atoms with Crippen LogP contribution in [0.25, 0.3) is 44.3 Å². The van der Waals surface area contributed by atoms with Gasteiger partial charge in [0.25, 0.3) is 5.56 Å². The molecule has 7 rings (SSSR count). The highest BCUT2D eigenvalue weighted by Gasteiger charge is 2.12. The standard InChI is InChI=1S/C34H26N4O4/c1-20-13-33(39)38(19-23-7-8-24-9-10-25(16-27(24)15-23)31-14-21(2)41-36-31)32-18-29(11-12-30(20)32)40-28-6-4-5-26(17-28)34-35-22(3)42-37-34/h4-18H,19H2,1-3H3. The Kier molecular flexibility index (Phi) is 6.16. The van der Waals surface area contributed by atoms with Crippen molar-refractivity contribution >= 4 is 21.7 Å². The Labute approximate surface area is 240 Å². The van der Waals surface area contributed by atoms with Crippen LogP contribution in [-0.4, -0.2) is 19.9 Å². The molecule has 206 valence electrons. The van der Waals surface area contributed by atoms with Crippen molar-refractivity contribution < 1.29 is 13.8 Å². The summed E-state index contributed by atoms with van der Waals surface area (Å²) >= 11 is 0. The summed E-state index contributed by atoms with van der Waals surface area (Å²) < 4.78 is 18.4. The predicted molar refractivity (Wildman–Crippen MR) is 161 cm³/mol. The van der Waals surface area contributed by atoms with E-state index >= 15 is 0 Å². The van der Waals surface area contributed by atoms with E-state index in [0.717, 1.165) is 55.4 Å². The van der Waals surface area contributed by atoms with Gasteiger partial charge in [-0.25, -0.2) is 0 Å². The molecule has 8 heteroatoms. The van der Waals surface area contributed by atoms with Crippen molar-refractivity contribution in [2.75, 3.05) is 0 Å². The van der Waals surface area contributed by atoms with Gasteiger partial charge in [0.05, 0.1) is 12.1 Å². The highest BCUT2D eigenvalue weighted by atomic mass is 16.5. The lowest BCUT2D eigenvalue weighted by Crippen LogP contribution is -2.21. The van der Waals surface area contributed by atoms with Crippen LogP contribution in [0.4, 0.5) is 0 Å². The molecule has 4 aromatic carbocycles. The first-order valence-electron chi connectivity index (χ1n) is 13.6. The minimum absolute atomic E-state index is 0.0708. The SMILES string of the molecule is Cc1cc(-c2ccc3ccc(Cn4c(=O)cc(C)c5ccc(Oc6cccc(-c7noc(C)n7)c6)cc54)cc3c2)no1. The summed E-state index contributed by atoms with van der Waals surface area (Å²) in [6, 6.07) is 29.4. The van der Waals surface area contributed by atoms with Gasteiger partial charge in [0, 0.05) is 41.6 Å². The van der Waals surface area contributed by atoms with Crippen LogP contribution in [0, 0.1) is 20.8 Å². The maximum atomic E-state index is 13.3. The Morgan fingerprint density at radius 1 is 0.762 bits per heavy atom. The van der Waals surface area contributed by atoms with E-state index in [2.05, 4.69) is 45.6 Å². The highest BCUT2D eigenvalue weighted by molar-refractivity contribution is 5.88. The molecule has 0 aliphatic heterocycles. The molecular formula is C34H26N4O4. The number of hydrogen-bond donors (Lipinski definition) is 0. The number of pyridine rings is 1. The van der Waals surface area contributed by atoms with Gasteiger partial charge < -0.3 is 18.4 Å². The summed E-state index contributed by atoms with van der Waals surface area (Å²) in [6.07, 6.45) is 0. The summed E-state index contributed by atoms with van der Waals surface area (Å²) in [5.74, 6) is 3.01. The van der Waals surface area contributed by atoms with Crippen LogP contribution in [0.15, 0.2) is 105 Å². The van der Waals surface area contributed by atoms with Crippen LogP contribution in [0.2, 0.25) is 0 Å². The number of aromatic nitrogens is 4. The molecule has 7 aromatic rings. The molecule has 0 spiro atoms. The van der Waals surface area contributed by atoms with Gasteiger partial charge >= 0.3 is 0 Å². The van der Waals surface area contributed by atoms with Crippen LogP contribution in [0.3, 0.4) is 0 Å². The first-order valence-corrected chi connectivity index (χ1v) is 13.6. The molecule has 0 unspecified atom stereocenters. The van der Waals surface area contributed by atoms with E-state index in [0.29, 0.717) is 29.8 Å². The third-order valence-electron chi connectivity index (χ3n) is 7.32. The third kappa shape index (κ3) is 4.83. The highest BCUT2D eigenvalue weighted by Crippen LogP contribution is 2.30. The second kappa shape index (κ2) is 10.2. The fourth-order valence-electron chi connectivity index (χ4n) is 5.24. The minimum Gasteiger partial charge on any atom is -0.457 e. The van der Waals surface area contributed by atoms with E-state index in [1.54, 1.807) is 17.6 Å². The van der Waals surface area contributed by atoms with Crippen molar-refractivity contribution in [2.24, 2.45) is 0 Å². The minimum atomic E-state index is -0.0708. The molecule has 0 atom stereocenters. The van der Waals surface area contributed by atoms with Gasteiger partial charge in [-0.05, 0) is 72.1 Å². The zero-order chi connectivity index (χ0) is 28.8. The molecule has 0 saturated carbocycles. The van der Waals surface area contributed by atoms with Crippen molar-refractivity contribution in [1.82, 2.24) is 19.9 Å². The van der Waals surface area contributed by atoms with Gasteiger partial charge in [-0.3, -0.25) is 4.79 Å². The molecule has 0 saturated heterocycles. The second-order valence-electron chi connectivity index (χ2n) is 10.4. The monoisotopic (exact) mass is 554 g/mol. The number of fused-ring (bicyclic) bond motifs is 2. The lowest BCUT2D eigenvalue weighted by Gasteiger charge is -2.15. The first kappa shape index (κ1) is 25.5. The zero-order valence-electron chi connectivity index (χ0n) is 23.3. The normalized spacial score (nSPS) is 11.4. The van der Waals surface area contributed by atoms with Crippen molar-refractivity contribution in [3.63, 3.8) is 0 Å². The van der Waals surface area contributed by atoms with Gasteiger partial charge in [-0.2, -0.15) is 4.98 Å². The summed E-state index contributed by atoms with van der Waals surface area (Å²) in [5.41, 5.74) is 5.22. The fraction of sp³-hybridized carbons (Fsp3) is 0.118. The number of benzene rings is 4. The fourth-order valence-corrected chi connectivity index (χ4v) is 5.24. The van der Waals surface area contributed by atoms with Crippen molar-refractivity contribution in [3.8, 4) is 34.1 Å². The van der Waals surface area contributed by atoms with Gasteiger partial charge in [-0.15, -0.1) is 0 Å². The van der Waals surface area contributed by atoms with Gasteiger partial charge in [0.15, 0.2) is 0 Å². The number of ether oxygens (including phenoxy) is 1. The second-order valence-corrected chi connectivity index (χ2v) is 10.4. The van der Waals surface area contributed by atoms with Crippen molar-refractivity contribution in [1.29, 1.82) is 0 Å². The van der Waals surface area contributed by atoms with E-state index in [1.807, 2.05) is 68.4 Å². The van der Waals surface area contributed by atoms with E-state index in [1.165, 1.54) is 0 Å². The zero-order valence-corrected chi connectivity index (χ0v) is 23.3. The molecule has 3 aromatic heterocycles. The Balaban J connectivity index is 1.24. The quantitative estimate of drug-likeness (QED) is 0.209. The molecule has 0 N–H and O–H groups in total. The Bertz CT molecular complexity index is 2170. The van der Waals surface area contributed by atoms with E-state index in [-0.39, 0.29) is 5.56 Å². The molecule has 0 fully saturated rings. The van der Waals surface area contributed by atoms with Gasteiger partial charge in [0.1, 0.15) is 23.0 Å². The van der Waals surface area contributed by atoms with E-state index in [9.17, 15) is 4.79 Å². The van der Waals surface area contributed by atoms with Gasteiger partial charge in [0.2, 0.25) is 11.7 Å². The van der Waals surface area contributed by atoms with Crippen LogP contribution in [0.1, 0.15) is 22.8 Å². The number of rotatable bonds is 6. The molecular weight excluding hydrogens is 528 g/mol. The number of aryl methyl sites for hydroxylation is 3. The van der Waals surface area contributed by atoms with Gasteiger partial charge in [-0.1, -0.05) is 46.7 Å². The Morgan fingerprint density at radius 3 is 2.43 bits per heavy atom. The average molecular weight is 555 g/mol. The molecule has 42 heavy (non-hydrogen) atoms. The van der Waals surface area contributed by atoms with Crippen LogP contribution in [-0.2, 0) is 6.54 Å². The predicted octanol–water partition coefficient (Wildman–Crippen LogP) is 7.63. The summed E-state index contributed by atoms with van der Waals surface area (Å²) in [4.78, 5) is 17.6. The van der Waals surface area contributed by atoms with E-state index in [4.69, 9.17) is 13.8 Å². The molecule has 0 aliphatic rings. The molecule has 0 bridgehead atoms. The lowest BCUT2D eigenvalue weighted by molar-refractivity contribution is 0.394. The summed E-state index contributed by atoms with van der Waals surface area (Å²) in [5, 5.41) is 11.3. The van der Waals surface area contributed by atoms with Crippen LogP contribution in [0.5, 0.6) is 11.5 Å². The maximum Gasteiger partial charge on any atom is 0.251 e. The van der Waals surface area contributed by atoms with E-state index < -0.39 is 0 Å². The lowest BCUT2D eigenvalue weighted by atomic mass is 10.0. The molecule has 3 heterocycles. The molecule has 0 amide bonds. The number of nitrogens with zero attached hydrogens (tertiary/aromatic N) is 4. The number of hydrogen-bond acceptors (Lipinski definition) is 7. The largest absolute Gasteiger partial charge is 0.457 e. The van der Waals surface area contributed by atoms with Crippen molar-refractivity contribution in [2.45, 2.75) is 27.3 Å². The summed E-state index contributed by atoms with van der Waals surface area (Å²) in [7, 11) is 0. The van der Waals surface area contributed by atoms with Crippen molar-refractivity contribution in [3.05, 3.63) is 124 Å².